The molecule has 1 unspecified atom stereocenters. The van der Waals surface area contributed by atoms with Crippen molar-refractivity contribution in [1.29, 1.82) is 0 Å². The minimum Gasteiger partial charge on any atom is -0.379 e. The molecule has 7 nitrogen and oxygen atoms in total. The van der Waals surface area contributed by atoms with Crippen molar-refractivity contribution < 1.29 is 9.53 Å². The second kappa shape index (κ2) is 9.22. The van der Waals surface area contributed by atoms with Gasteiger partial charge in [0.25, 0.3) is 0 Å². The summed E-state index contributed by atoms with van der Waals surface area (Å²) in [5.74, 6) is 1.44. The zero-order valence-corrected chi connectivity index (χ0v) is 15.6. The van der Waals surface area contributed by atoms with Crippen LogP contribution in [0.1, 0.15) is 20.3 Å². The van der Waals surface area contributed by atoms with Gasteiger partial charge in [-0.2, -0.15) is 0 Å². The summed E-state index contributed by atoms with van der Waals surface area (Å²) in [4.78, 5) is 22.8. The average molecular weight is 339 g/mol. The molecule has 1 N–H and O–H groups in total. The molecule has 0 bridgehead atoms. The molecule has 1 atom stereocenters. The minimum absolute atomic E-state index is 0.0303. The summed E-state index contributed by atoms with van der Waals surface area (Å²) in [6.07, 6.45) is 1.14. The number of likely N-dealkylation sites (tertiary alicyclic amines) is 1. The van der Waals surface area contributed by atoms with Gasteiger partial charge in [0.1, 0.15) is 6.54 Å². The van der Waals surface area contributed by atoms with Crippen LogP contribution in [0.25, 0.3) is 0 Å². The summed E-state index contributed by atoms with van der Waals surface area (Å²) in [7, 11) is 3.53. The molecule has 2 aliphatic heterocycles. The van der Waals surface area contributed by atoms with Crippen molar-refractivity contribution in [1.82, 2.24) is 20.0 Å². The van der Waals surface area contributed by atoms with Gasteiger partial charge in [0, 0.05) is 52.9 Å². The molecule has 0 saturated carbocycles. The number of hydrogen-bond donors (Lipinski definition) is 1. The molecule has 0 aromatic carbocycles. The molecule has 1 amide bonds. The van der Waals surface area contributed by atoms with E-state index in [2.05, 4.69) is 34.0 Å². The minimum atomic E-state index is 0.0303. The molecule has 24 heavy (non-hydrogen) atoms. The smallest absolute Gasteiger partial charge is 0.243 e. The van der Waals surface area contributed by atoms with Crippen molar-refractivity contribution in [2.24, 2.45) is 10.9 Å². The SMILES string of the molecule is CC(C)CNC(=NCC(=O)N(C)C)N1CCC(N2CCOCC2)C1. The molecule has 0 aromatic heterocycles. The van der Waals surface area contributed by atoms with Crippen LogP contribution in [0.4, 0.5) is 0 Å². The van der Waals surface area contributed by atoms with Crippen LogP contribution >= 0.6 is 0 Å². The van der Waals surface area contributed by atoms with Crippen LogP contribution in [0.3, 0.4) is 0 Å². The van der Waals surface area contributed by atoms with Gasteiger partial charge in [-0.25, -0.2) is 4.99 Å². The third-order valence-electron chi connectivity index (χ3n) is 4.56. The summed E-state index contributed by atoms with van der Waals surface area (Å²) >= 11 is 0. The van der Waals surface area contributed by atoms with E-state index in [1.807, 2.05) is 0 Å². The number of nitrogens with zero attached hydrogens (tertiary/aromatic N) is 4. The lowest BCUT2D eigenvalue weighted by molar-refractivity contribution is -0.127. The van der Waals surface area contributed by atoms with Crippen LogP contribution < -0.4 is 5.32 Å². The Hall–Kier alpha value is -1.34. The topological polar surface area (TPSA) is 60.4 Å². The fourth-order valence-electron chi connectivity index (χ4n) is 3.02. The standard InChI is InChI=1S/C17H33N5O2/c1-14(2)11-18-17(19-12-16(23)20(3)4)22-6-5-15(13-22)21-7-9-24-10-8-21/h14-15H,5-13H2,1-4H3,(H,18,19). The van der Waals surface area contributed by atoms with Crippen LogP contribution in [-0.4, -0.2) is 99.2 Å². The molecule has 0 spiro atoms. The van der Waals surface area contributed by atoms with Gasteiger partial charge in [-0.3, -0.25) is 9.69 Å². The molecule has 2 rings (SSSR count). The number of ether oxygens (including phenoxy) is 1. The molecule has 0 radical (unpaired) electrons. The molecule has 138 valence electrons. The van der Waals surface area contributed by atoms with Crippen molar-refractivity contribution in [3.8, 4) is 0 Å². The lowest BCUT2D eigenvalue weighted by Gasteiger charge is -2.32. The van der Waals surface area contributed by atoms with E-state index in [1.165, 1.54) is 0 Å². The molecule has 2 saturated heterocycles. The van der Waals surface area contributed by atoms with Gasteiger partial charge in [0.15, 0.2) is 5.96 Å². The highest BCUT2D eigenvalue weighted by atomic mass is 16.5. The predicted octanol–water partition coefficient (Wildman–Crippen LogP) is 0.0827. The number of hydrogen-bond acceptors (Lipinski definition) is 4. The van der Waals surface area contributed by atoms with E-state index in [0.29, 0.717) is 12.0 Å². The normalized spacial score (nSPS) is 23.0. The highest BCUT2D eigenvalue weighted by molar-refractivity contribution is 5.85. The maximum absolute atomic E-state index is 11.9. The Balaban J connectivity index is 1.95. The number of guanidine groups is 1. The van der Waals surface area contributed by atoms with E-state index in [0.717, 1.165) is 58.3 Å². The van der Waals surface area contributed by atoms with Crippen molar-refractivity contribution in [2.45, 2.75) is 26.3 Å². The van der Waals surface area contributed by atoms with Crippen LogP contribution in [0.15, 0.2) is 4.99 Å². The highest BCUT2D eigenvalue weighted by Gasteiger charge is 2.30. The summed E-state index contributed by atoms with van der Waals surface area (Å²) in [5.41, 5.74) is 0. The van der Waals surface area contributed by atoms with Gasteiger partial charge >= 0.3 is 0 Å². The van der Waals surface area contributed by atoms with Gasteiger partial charge < -0.3 is 19.9 Å². The lowest BCUT2D eigenvalue weighted by atomic mass is 10.2. The predicted molar refractivity (Wildman–Crippen MR) is 96.2 cm³/mol. The first-order valence-electron chi connectivity index (χ1n) is 9.02. The van der Waals surface area contributed by atoms with Gasteiger partial charge in [-0.1, -0.05) is 13.8 Å². The van der Waals surface area contributed by atoms with Crippen LogP contribution in [0.2, 0.25) is 0 Å². The Morgan fingerprint density at radius 3 is 2.62 bits per heavy atom. The van der Waals surface area contributed by atoms with Crippen molar-refractivity contribution in [2.75, 3.05) is 66.6 Å². The molecular weight excluding hydrogens is 306 g/mol. The monoisotopic (exact) mass is 339 g/mol. The summed E-state index contributed by atoms with van der Waals surface area (Å²) in [5, 5.41) is 3.44. The lowest BCUT2D eigenvalue weighted by Crippen LogP contribution is -2.47. The zero-order chi connectivity index (χ0) is 17.5. The number of morpholine rings is 1. The van der Waals surface area contributed by atoms with Crippen molar-refractivity contribution in [3.63, 3.8) is 0 Å². The Morgan fingerprint density at radius 1 is 1.29 bits per heavy atom. The quantitative estimate of drug-likeness (QED) is 0.568. The van der Waals surface area contributed by atoms with E-state index >= 15 is 0 Å². The number of likely N-dealkylation sites (N-methyl/N-ethyl adjacent to an activating group) is 1. The Labute approximate surface area is 146 Å². The average Bonchev–Trinajstić information content (AvgIpc) is 3.05. The third-order valence-corrected chi connectivity index (χ3v) is 4.56. The first-order valence-corrected chi connectivity index (χ1v) is 9.02. The number of nitrogens with one attached hydrogen (secondary N) is 1. The Kier molecular flexibility index (Phi) is 7.30. The zero-order valence-electron chi connectivity index (χ0n) is 15.6. The third kappa shape index (κ3) is 5.63. The van der Waals surface area contributed by atoms with E-state index < -0.39 is 0 Å². The summed E-state index contributed by atoms with van der Waals surface area (Å²) in [6.45, 7) is 11.1. The van der Waals surface area contributed by atoms with E-state index in [-0.39, 0.29) is 12.5 Å². The van der Waals surface area contributed by atoms with Gasteiger partial charge in [0.05, 0.1) is 13.2 Å². The molecule has 2 heterocycles. The van der Waals surface area contributed by atoms with E-state index in [9.17, 15) is 4.79 Å². The molecule has 0 aliphatic carbocycles. The van der Waals surface area contributed by atoms with E-state index in [1.54, 1.807) is 19.0 Å². The molecule has 0 aromatic rings. The maximum Gasteiger partial charge on any atom is 0.243 e. The number of amides is 1. The first kappa shape index (κ1) is 19.0. The van der Waals surface area contributed by atoms with E-state index in [4.69, 9.17) is 4.74 Å². The first-order chi connectivity index (χ1) is 11.5. The van der Waals surface area contributed by atoms with Gasteiger partial charge in [-0.15, -0.1) is 0 Å². The molecular formula is C17H33N5O2. The molecule has 7 heteroatoms. The second-order valence-electron chi connectivity index (χ2n) is 7.24. The number of carbonyl (C=O) groups excluding carboxylic acids is 1. The molecule has 2 fully saturated rings. The van der Waals surface area contributed by atoms with Crippen molar-refractivity contribution in [3.05, 3.63) is 0 Å². The number of aliphatic imine (C=N–C) groups is 1. The second-order valence-corrected chi connectivity index (χ2v) is 7.24. The molecule has 2 aliphatic rings. The summed E-state index contributed by atoms with van der Waals surface area (Å²) < 4.78 is 5.45. The van der Waals surface area contributed by atoms with Gasteiger partial charge in [-0.05, 0) is 12.3 Å². The summed E-state index contributed by atoms with van der Waals surface area (Å²) in [6, 6.07) is 0.560. The number of carbonyl (C=O) groups is 1. The van der Waals surface area contributed by atoms with Crippen LogP contribution in [0, 0.1) is 5.92 Å². The van der Waals surface area contributed by atoms with Crippen molar-refractivity contribution >= 4 is 11.9 Å². The van der Waals surface area contributed by atoms with Crippen LogP contribution in [-0.2, 0) is 9.53 Å². The highest BCUT2D eigenvalue weighted by Crippen LogP contribution is 2.17. The van der Waals surface area contributed by atoms with Crippen LogP contribution in [0.5, 0.6) is 0 Å². The Morgan fingerprint density at radius 2 is 2.00 bits per heavy atom. The Bertz CT molecular complexity index is 433. The number of rotatable bonds is 5. The largest absolute Gasteiger partial charge is 0.379 e. The maximum atomic E-state index is 11.9. The fraction of sp³-hybridized carbons (Fsp3) is 0.882. The fourth-order valence-corrected chi connectivity index (χ4v) is 3.02. The van der Waals surface area contributed by atoms with Gasteiger partial charge in [0.2, 0.25) is 5.91 Å².